The lowest BCUT2D eigenvalue weighted by Crippen LogP contribution is -2.17. The molecule has 0 saturated heterocycles. The highest BCUT2D eigenvalue weighted by molar-refractivity contribution is 6.32. The van der Waals surface area contributed by atoms with Gasteiger partial charge in [0.2, 0.25) is 5.91 Å². The number of amides is 1. The molecule has 1 aliphatic heterocycles. The highest BCUT2D eigenvalue weighted by Crippen LogP contribution is 2.32. The monoisotopic (exact) mass is 352 g/mol. The smallest absolute Gasteiger partial charge is 0.408 e. The van der Waals surface area contributed by atoms with Crippen LogP contribution in [-0.4, -0.2) is 33.8 Å². The second-order valence-electron chi connectivity index (χ2n) is 4.98. The standard InChI is InChI=1S/C14H13ClN4O5/c15-10-8-18(17-14(10)19(21)22)4-3-13(20)16-9-1-2-11-12(7-9)24-6-5-23-11/h1-2,7-8H,3-6H2,(H,16,20). The summed E-state index contributed by atoms with van der Waals surface area (Å²) in [5.41, 5.74) is 0.578. The van der Waals surface area contributed by atoms with Gasteiger partial charge in [0, 0.05) is 18.2 Å². The Morgan fingerprint density at radius 1 is 1.38 bits per heavy atom. The van der Waals surface area contributed by atoms with Crippen molar-refractivity contribution in [1.29, 1.82) is 0 Å². The maximum atomic E-state index is 12.0. The third-order valence-corrected chi connectivity index (χ3v) is 3.53. The van der Waals surface area contributed by atoms with E-state index in [0.29, 0.717) is 30.4 Å². The van der Waals surface area contributed by atoms with Crippen molar-refractivity contribution in [3.05, 3.63) is 39.5 Å². The molecule has 24 heavy (non-hydrogen) atoms. The van der Waals surface area contributed by atoms with Crippen LogP contribution in [0.3, 0.4) is 0 Å². The Morgan fingerprint density at radius 3 is 2.83 bits per heavy atom. The van der Waals surface area contributed by atoms with Gasteiger partial charge in [0.1, 0.15) is 13.2 Å². The molecule has 2 heterocycles. The Bertz CT molecular complexity index is 791. The first kappa shape index (κ1) is 16.1. The zero-order valence-corrected chi connectivity index (χ0v) is 13.2. The molecule has 3 rings (SSSR count). The van der Waals surface area contributed by atoms with Gasteiger partial charge in [-0.05, 0) is 17.1 Å². The fourth-order valence-electron chi connectivity index (χ4n) is 2.19. The number of aromatic nitrogens is 2. The molecule has 0 atom stereocenters. The van der Waals surface area contributed by atoms with Crippen molar-refractivity contribution in [1.82, 2.24) is 9.78 Å². The molecule has 0 fully saturated rings. The number of hydrogen-bond donors (Lipinski definition) is 1. The molecule has 1 N–H and O–H groups in total. The van der Waals surface area contributed by atoms with E-state index < -0.39 is 10.7 Å². The van der Waals surface area contributed by atoms with E-state index in [0.717, 1.165) is 0 Å². The van der Waals surface area contributed by atoms with Crippen molar-refractivity contribution >= 4 is 29.0 Å². The second kappa shape index (κ2) is 6.75. The number of ether oxygens (including phenoxy) is 2. The lowest BCUT2D eigenvalue weighted by molar-refractivity contribution is -0.389. The lowest BCUT2D eigenvalue weighted by Gasteiger charge is -2.18. The molecular weight excluding hydrogens is 340 g/mol. The number of halogens is 1. The number of nitro groups is 1. The van der Waals surface area contributed by atoms with Crippen molar-refractivity contribution in [2.45, 2.75) is 13.0 Å². The number of rotatable bonds is 5. The number of nitrogens with zero attached hydrogens (tertiary/aromatic N) is 3. The minimum atomic E-state index is -0.673. The van der Waals surface area contributed by atoms with Gasteiger partial charge in [-0.15, -0.1) is 0 Å². The number of hydrogen-bond acceptors (Lipinski definition) is 6. The van der Waals surface area contributed by atoms with Crippen LogP contribution in [0, 0.1) is 10.1 Å². The molecule has 1 aromatic heterocycles. The van der Waals surface area contributed by atoms with E-state index in [1.165, 1.54) is 10.9 Å². The number of carbonyl (C=O) groups excluding carboxylic acids is 1. The molecule has 0 saturated carbocycles. The highest BCUT2D eigenvalue weighted by atomic mass is 35.5. The van der Waals surface area contributed by atoms with Crippen LogP contribution < -0.4 is 14.8 Å². The highest BCUT2D eigenvalue weighted by Gasteiger charge is 2.19. The van der Waals surface area contributed by atoms with E-state index in [2.05, 4.69) is 10.4 Å². The van der Waals surface area contributed by atoms with Crippen molar-refractivity contribution in [3.63, 3.8) is 0 Å². The number of anilines is 1. The Hall–Kier alpha value is -2.81. The molecule has 10 heteroatoms. The van der Waals surface area contributed by atoms with Gasteiger partial charge < -0.3 is 24.9 Å². The molecule has 0 spiro atoms. The van der Waals surface area contributed by atoms with Gasteiger partial charge in [-0.2, -0.15) is 4.68 Å². The summed E-state index contributed by atoms with van der Waals surface area (Å²) >= 11 is 5.70. The van der Waals surface area contributed by atoms with Crippen molar-refractivity contribution in [2.24, 2.45) is 0 Å². The molecule has 2 aromatic rings. The van der Waals surface area contributed by atoms with Gasteiger partial charge in [-0.3, -0.25) is 4.79 Å². The van der Waals surface area contributed by atoms with Crippen LogP contribution in [0.15, 0.2) is 24.4 Å². The summed E-state index contributed by atoms with van der Waals surface area (Å²) in [6.45, 7) is 1.13. The summed E-state index contributed by atoms with van der Waals surface area (Å²) < 4.78 is 12.1. The third-order valence-electron chi connectivity index (χ3n) is 3.27. The van der Waals surface area contributed by atoms with E-state index in [9.17, 15) is 14.9 Å². The molecule has 1 aromatic carbocycles. The van der Waals surface area contributed by atoms with Crippen LogP contribution in [0.2, 0.25) is 5.02 Å². The number of fused-ring (bicyclic) bond motifs is 1. The average molecular weight is 353 g/mol. The summed E-state index contributed by atoms with van der Waals surface area (Å²) in [6, 6.07) is 5.11. The predicted molar refractivity (Wildman–Crippen MR) is 84.6 cm³/mol. The van der Waals surface area contributed by atoms with Crippen molar-refractivity contribution in [2.75, 3.05) is 18.5 Å². The van der Waals surface area contributed by atoms with E-state index in [1.807, 2.05) is 0 Å². The second-order valence-corrected chi connectivity index (χ2v) is 5.38. The minimum Gasteiger partial charge on any atom is -0.486 e. The normalized spacial score (nSPS) is 12.7. The predicted octanol–water partition coefficient (Wildman–Crippen LogP) is 2.24. The zero-order chi connectivity index (χ0) is 17.1. The average Bonchev–Trinajstić information content (AvgIpc) is 2.94. The van der Waals surface area contributed by atoms with Gasteiger partial charge in [0.05, 0.1) is 17.8 Å². The van der Waals surface area contributed by atoms with Gasteiger partial charge in [-0.1, -0.05) is 11.6 Å². The van der Waals surface area contributed by atoms with Gasteiger partial charge in [0.25, 0.3) is 0 Å². The number of carbonyl (C=O) groups is 1. The van der Waals surface area contributed by atoms with Crippen molar-refractivity contribution in [3.8, 4) is 11.5 Å². The summed E-state index contributed by atoms with van der Waals surface area (Å²) in [7, 11) is 0. The molecular formula is C14H13ClN4O5. The molecule has 9 nitrogen and oxygen atoms in total. The Balaban J connectivity index is 1.58. The van der Waals surface area contributed by atoms with Gasteiger partial charge >= 0.3 is 5.82 Å². The fourth-order valence-corrected chi connectivity index (χ4v) is 2.41. The Kier molecular flexibility index (Phi) is 4.52. The number of benzene rings is 1. The fraction of sp³-hybridized carbons (Fsp3) is 0.286. The molecule has 0 bridgehead atoms. The van der Waals surface area contributed by atoms with E-state index in [1.54, 1.807) is 18.2 Å². The Labute approximate surface area is 141 Å². The zero-order valence-electron chi connectivity index (χ0n) is 12.4. The SMILES string of the molecule is O=C(CCn1cc(Cl)c([N+](=O)[O-])n1)Nc1ccc2c(c1)OCCO2. The molecule has 0 aliphatic carbocycles. The Morgan fingerprint density at radius 2 is 2.12 bits per heavy atom. The molecule has 126 valence electrons. The maximum absolute atomic E-state index is 12.0. The topological polar surface area (TPSA) is 109 Å². The maximum Gasteiger partial charge on any atom is 0.408 e. The van der Waals surface area contributed by atoms with Gasteiger partial charge in [-0.25, -0.2) is 0 Å². The van der Waals surface area contributed by atoms with Crippen LogP contribution in [0.1, 0.15) is 6.42 Å². The first-order valence-electron chi connectivity index (χ1n) is 7.10. The molecule has 0 radical (unpaired) electrons. The van der Waals surface area contributed by atoms with Crippen LogP contribution in [-0.2, 0) is 11.3 Å². The molecule has 1 aliphatic rings. The summed E-state index contributed by atoms with van der Waals surface area (Å²) in [5.74, 6) is 0.524. The van der Waals surface area contributed by atoms with Crippen molar-refractivity contribution < 1.29 is 19.2 Å². The largest absolute Gasteiger partial charge is 0.486 e. The summed E-state index contributed by atoms with van der Waals surface area (Å²) in [6.07, 6.45) is 1.40. The summed E-state index contributed by atoms with van der Waals surface area (Å²) in [4.78, 5) is 22.0. The number of nitrogens with one attached hydrogen (secondary N) is 1. The quantitative estimate of drug-likeness (QED) is 0.653. The van der Waals surface area contributed by atoms with Crippen LogP contribution in [0.25, 0.3) is 0 Å². The van der Waals surface area contributed by atoms with Gasteiger partial charge in [0.15, 0.2) is 16.5 Å². The third kappa shape index (κ3) is 3.57. The van der Waals surface area contributed by atoms with Crippen LogP contribution >= 0.6 is 11.6 Å². The first-order valence-corrected chi connectivity index (χ1v) is 7.47. The molecule has 0 unspecified atom stereocenters. The summed E-state index contributed by atoms with van der Waals surface area (Å²) in [5, 5.41) is 17.1. The lowest BCUT2D eigenvalue weighted by atomic mass is 10.2. The van der Waals surface area contributed by atoms with E-state index in [4.69, 9.17) is 21.1 Å². The van der Waals surface area contributed by atoms with E-state index in [-0.39, 0.29) is 23.9 Å². The minimum absolute atomic E-state index is 0.0627. The first-order chi connectivity index (χ1) is 11.5. The molecule has 1 amide bonds. The van der Waals surface area contributed by atoms with E-state index >= 15 is 0 Å². The van der Waals surface area contributed by atoms with Crippen LogP contribution in [0.5, 0.6) is 11.5 Å². The van der Waals surface area contributed by atoms with Crippen LogP contribution in [0.4, 0.5) is 11.5 Å². The number of aryl methyl sites for hydroxylation is 1.